The van der Waals surface area contributed by atoms with Crippen LogP contribution in [0, 0.1) is 12.3 Å². The van der Waals surface area contributed by atoms with Crippen LogP contribution in [-0.2, 0) is 11.2 Å². The highest BCUT2D eigenvalue weighted by Crippen LogP contribution is 2.32. The summed E-state index contributed by atoms with van der Waals surface area (Å²) in [6, 6.07) is 7.41. The molecule has 0 saturated carbocycles. The van der Waals surface area contributed by atoms with Gasteiger partial charge in [0.1, 0.15) is 0 Å². The topological polar surface area (TPSA) is 21.3 Å². The Balaban J connectivity index is 1.94. The van der Waals surface area contributed by atoms with E-state index >= 15 is 0 Å². The molecule has 1 unspecified atom stereocenters. The van der Waals surface area contributed by atoms with Crippen LogP contribution >= 0.6 is 0 Å². The Labute approximate surface area is 117 Å². The molecular weight excluding hydrogens is 234 g/mol. The van der Waals surface area contributed by atoms with Gasteiger partial charge in [-0.2, -0.15) is 0 Å². The number of fused-ring (bicyclic) bond motifs is 1. The fraction of sp³-hybridized carbons (Fsp3) is 0.647. The molecule has 0 radical (unpaired) electrons. The van der Waals surface area contributed by atoms with Crippen LogP contribution in [0.25, 0.3) is 0 Å². The van der Waals surface area contributed by atoms with Crippen LogP contribution in [0.2, 0.25) is 0 Å². The zero-order chi connectivity index (χ0) is 13.9. The van der Waals surface area contributed by atoms with Crippen molar-refractivity contribution in [1.82, 2.24) is 5.32 Å². The second-order valence-electron chi connectivity index (χ2n) is 6.58. The van der Waals surface area contributed by atoms with Crippen LogP contribution in [0.1, 0.15) is 49.4 Å². The van der Waals surface area contributed by atoms with E-state index in [9.17, 15) is 0 Å². The van der Waals surface area contributed by atoms with Gasteiger partial charge < -0.3 is 10.1 Å². The monoisotopic (exact) mass is 261 g/mol. The predicted molar refractivity (Wildman–Crippen MR) is 80.5 cm³/mol. The smallest absolute Gasteiger partial charge is 0.0467 e. The van der Waals surface area contributed by atoms with Gasteiger partial charge in [-0.15, -0.1) is 0 Å². The Kier molecular flexibility index (Phi) is 4.64. The minimum Gasteiger partial charge on any atom is -0.385 e. The van der Waals surface area contributed by atoms with E-state index in [1.165, 1.54) is 29.5 Å². The zero-order valence-electron chi connectivity index (χ0n) is 12.8. The van der Waals surface area contributed by atoms with E-state index in [4.69, 9.17) is 4.74 Å². The second kappa shape index (κ2) is 6.06. The van der Waals surface area contributed by atoms with Crippen molar-refractivity contribution in [1.29, 1.82) is 0 Å². The van der Waals surface area contributed by atoms with Gasteiger partial charge in [-0.25, -0.2) is 0 Å². The van der Waals surface area contributed by atoms with Crippen LogP contribution < -0.4 is 5.32 Å². The highest BCUT2D eigenvalue weighted by molar-refractivity contribution is 5.37. The predicted octanol–water partition coefficient (Wildman–Crippen LogP) is 3.63. The Morgan fingerprint density at radius 1 is 1.37 bits per heavy atom. The van der Waals surface area contributed by atoms with Crippen molar-refractivity contribution in [2.75, 3.05) is 20.3 Å². The Morgan fingerprint density at radius 2 is 2.16 bits per heavy atom. The van der Waals surface area contributed by atoms with Gasteiger partial charge in [-0.1, -0.05) is 37.6 Å². The zero-order valence-corrected chi connectivity index (χ0v) is 12.8. The highest BCUT2D eigenvalue weighted by atomic mass is 16.5. The molecule has 2 rings (SSSR count). The third kappa shape index (κ3) is 3.80. The van der Waals surface area contributed by atoms with E-state index in [2.05, 4.69) is 44.3 Å². The molecular formula is C17H27NO. The van der Waals surface area contributed by atoms with Crippen LogP contribution in [0.4, 0.5) is 0 Å². The third-order valence-electron chi connectivity index (χ3n) is 4.19. The maximum absolute atomic E-state index is 5.19. The summed E-state index contributed by atoms with van der Waals surface area (Å²) in [5.41, 5.74) is 4.70. The molecule has 0 saturated heterocycles. The number of rotatable bonds is 6. The van der Waals surface area contributed by atoms with Gasteiger partial charge in [0.25, 0.3) is 0 Å². The molecule has 0 spiro atoms. The molecule has 2 heteroatoms. The lowest BCUT2D eigenvalue weighted by Crippen LogP contribution is -2.32. The number of aryl methyl sites for hydroxylation is 2. The number of ether oxygens (including phenoxy) is 1. The quantitative estimate of drug-likeness (QED) is 0.844. The maximum atomic E-state index is 5.19. The van der Waals surface area contributed by atoms with Crippen molar-refractivity contribution in [3.8, 4) is 0 Å². The fourth-order valence-electron chi connectivity index (χ4n) is 2.80. The summed E-state index contributed by atoms with van der Waals surface area (Å²) in [7, 11) is 1.78. The van der Waals surface area contributed by atoms with E-state index in [-0.39, 0.29) is 0 Å². The third-order valence-corrected chi connectivity index (χ3v) is 4.19. The molecule has 0 aromatic heterocycles. The van der Waals surface area contributed by atoms with Gasteiger partial charge in [-0.3, -0.25) is 0 Å². The van der Waals surface area contributed by atoms with E-state index in [1.807, 2.05) is 0 Å². The molecule has 1 aliphatic carbocycles. The van der Waals surface area contributed by atoms with E-state index in [0.717, 1.165) is 19.6 Å². The molecule has 1 aromatic carbocycles. The van der Waals surface area contributed by atoms with Gasteiger partial charge in [0.15, 0.2) is 0 Å². The summed E-state index contributed by atoms with van der Waals surface area (Å²) in [6.07, 6.45) is 3.55. The minimum absolute atomic E-state index is 0.294. The van der Waals surface area contributed by atoms with Crippen molar-refractivity contribution in [3.63, 3.8) is 0 Å². The molecule has 0 heterocycles. The van der Waals surface area contributed by atoms with Crippen LogP contribution in [0.5, 0.6) is 0 Å². The number of hydrogen-bond acceptors (Lipinski definition) is 2. The van der Waals surface area contributed by atoms with Crippen LogP contribution in [-0.4, -0.2) is 20.3 Å². The summed E-state index contributed by atoms with van der Waals surface area (Å²) in [5, 5.41) is 3.76. The standard InChI is InChI=1S/C17H27NO/c1-13-5-6-14-7-8-16(15(14)11-13)18-12-17(2,3)9-10-19-4/h5-6,11,16,18H,7-10,12H2,1-4H3. The van der Waals surface area contributed by atoms with Gasteiger partial charge in [0.2, 0.25) is 0 Å². The Morgan fingerprint density at radius 3 is 2.89 bits per heavy atom. The fourth-order valence-corrected chi connectivity index (χ4v) is 2.80. The largest absolute Gasteiger partial charge is 0.385 e. The Hall–Kier alpha value is -0.860. The summed E-state index contributed by atoms with van der Waals surface area (Å²) in [6.45, 7) is 8.69. The van der Waals surface area contributed by atoms with Gasteiger partial charge in [-0.05, 0) is 42.7 Å². The first-order valence-corrected chi connectivity index (χ1v) is 7.33. The normalized spacial score (nSPS) is 18.6. The van der Waals surface area contributed by atoms with Gasteiger partial charge in [0, 0.05) is 26.3 Å². The first kappa shape index (κ1) is 14.5. The van der Waals surface area contributed by atoms with Crippen molar-refractivity contribution in [2.24, 2.45) is 5.41 Å². The average Bonchev–Trinajstić information content (AvgIpc) is 2.76. The van der Waals surface area contributed by atoms with E-state index < -0.39 is 0 Å². The van der Waals surface area contributed by atoms with Crippen LogP contribution in [0.3, 0.4) is 0 Å². The summed E-state index contributed by atoms with van der Waals surface area (Å²) >= 11 is 0. The molecule has 106 valence electrons. The SMILES string of the molecule is COCCC(C)(C)CNC1CCc2ccc(C)cc21. The average molecular weight is 261 g/mol. The minimum atomic E-state index is 0.294. The summed E-state index contributed by atoms with van der Waals surface area (Å²) < 4.78 is 5.19. The first-order chi connectivity index (χ1) is 9.02. The summed E-state index contributed by atoms with van der Waals surface area (Å²) in [4.78, 5) is 0. The molecule has 0 amide bonds. The number of methoxy groups -OCH3 is 1. The summed E-state index contributed by atoms with van der Waals surface area (Å²) in [5.74, 6) is 0. The molecule has 0 bridgehead atoms. The van der Waals surface area contributed by atoms with Crippen molar-refractivity contribution < 1.29 is 4.74 Å². The van der Waals surface area contributed by atoms with Gasteiger partial charge >= 0.3 is 0 Å². The van der Waals surface area contributed by atoms with Crippen LogP contribution in [0.15, 0.2) is 18.2 Å². The van der Waals surface area contributed by atoms with Crippen molar-refractivity contribution in [2.45, 2.75) is 46.1 Å². The van der Waals surface area contributed by atoms with Gasteiger partial charge in [0.05, 0.1) is 0 Å². The van der Waals surface area contributed by atoms with Crippen molar-refractivity contribution >= 4 is 0 Å². The molecule has 0 aliphatic heterocycles. The maximum Gasteiger partial charge on any atom is 0.0467 e. The molecule has 1 N–H and O–H groups in total. The second-order valence-corrected chi connectivity index (χ2v) is 6.58. The lowest BCUT2D eigenvalue weighted by Gasteiger charge is -2.27. The molecule has 1 aromatic rings. The molecule has 2 nitrogen and oxygen atoms in total. The number of hydrogen-bond donors (Lipinski definition) is 1. The molecule has 1 atom stereocenters. The number of benzene rings is 1. The molecule has 1 aliphatic rings. The first-order valence-electron chi connectivity index (χ1n) is 7.33. The van der Waals surface area contributed by atoms with E-state index in [0.29, 0.717) is 11.5 Å². The number of nitrogens with one attached hydrogen (secondary N) is 1. The molecule has 0 fully saturated rings. The van der Waals surface area contributed by atoms with Crippen molar-refractivity contribution in [3.05, 3.63) is 34.9 Å². The van der Waals surface area contributed by atoms with E-state index in [1.54, 1.807) is 7.11 Å². The Bertz CT molecular complexity index is 425. The highest BCUT2D eigenvalue weighted by Gasteiger charge is 2.25. The lowest BCUT2D eigenvalue weighted by molar-refractivity contribution is 0.149. The molecule has 19 heavy (non-hydrogen) atoms. The lowest BCUT2D eigenvalue weighted by atomic mass is 9.89.